The van der Waals surface area contributed by atoms with Crippen molar-refractivity contribution in [2.75, 3.05) is 7.11 Å². The highest BCUT2D eigenvalue weighted by molar-refractivity contribution is 5.77. The number of methoxy groups -OCH3 is 1. The summed E-state index contributed by atoms with van der Waals surface area (Å²) in [5, 5.41) is 0. The summed E-state index contributed by atoms with van der Waals surface area (Å²) in [4.78, 5) is 18.1. The first-order valence-corrected chi connectivity index (χ1v) is 5.93. The molecule has 0 aliphatic rings. The van der Waals surface area contributed by atoms with E-state index >= 15 is 0 Å². The van der Waals surface area contributed by atoms with Gasteiger partial charge in [0, 0.05) is 11.6 Å². The molecule has 3 rings (SSSR count). The number of rotatable bonds is 3. The predicted octanol–water partition coefficient (Wildman–Crippen LogP) is 3.47. The summed E-state index contributed by atoms with van der Waals surface area (Å²) in [5.74, 6) is 1.23. The Bertz CT molecular complexity index is 800. The SMILES string of the molecule is COc1ccc2nc(-c3ccc(N=C=O)cc3)oc2c1. The van der Waals surface area contributed by atoms with Crippen LogP contribution in [0, 0.1) is 0 Å². The minimum Gasteiger partial charge on any atom is -0.497 e. The van der Waals surface area contributed by atoms with Crippen molar-refractivity contribution in [1.82, 2.24) is 4.98 Å². The van der Waals surface area contributed by atoms with Crippen LogP contribution in [0.2, 0.25) is 0 Å². The summed E-state index contributed by atoms with van der Waals surface area (Å²) >= 11 is 0. The van der Waals surface area contributed by atoms with Crippen LogP contribution in [0.15, 0.2) is 51.9 Å². The van der Waals surface area contributed by atoms with E-state index in [9.17, 15) is 4.79 Å². The van der Waals surface area contributed by atoms with Crippen LogP contribution < -0.4 is 4.74 Å². The molecule has 0 N–H and O–H groups in total. The molecule has 0 spiro atoms. The second kappa shape index (κ2) is 4.99. The molecular weight excluding hydrogens is 256 g/mol. The monoisotopic (exact) mass is 266 g/mol. The normalized spacial score (nSPS) is 10.2. The number of ether oxygens (including phenoxy) is 1. The van der Waals surface area contributed by atoms with Crippen LogP contribution in [0.1, 0.15) is 0 Å². The zero-order valence-corrected chi connectivity index (χ0v) is 10.7. The third-order valence-electron chi connectivity index (χ3n) is 2.88. The van der Waals surface area contributed by atoms with Gasteiger partial charge in [0.25, 0.3) is 0 Å². The summed E-state index contributed by atoms with van der Waals surface area (Å²) < 4.78 is 10.8. The van der Waals surface area contributed by atoms with E-state index in [1.54, 1.807) is 37.4 Å². The van der Waals surface area contributed by atoms with Crippen LogP contribution in [-0.2, 0) is 4.79 Å². The lowest BCUT2D eigenvalue weighted by Crippen LogP contribution is -1.80. The lowest BCUT2D eigenvalue weighted by atomic mass is 10.2. The Morgan fingerprint density at radius 2 is 2.00 bits per heavy atom. The molecule has 0 saturated carbocycles. The zero-order chi connectivity index (χ0) is 13.9. The van der Waals surface area contributed by atoms with E-state index in [0.717, 1.165) is 16.8 Å². The number of benzene rings is 2. The second-order valence-electron chi connectivity index (χ2n) is 4.10. The van der Waals surface area contributed by atoms with Gasteiger partial charge in [-0.3, -0.25) is 0 Å². The molecule has 1 heterocycles. The highest BCUT2D eigenvalue weighted by Crippen LogP contribution is 2.27. The van der Waals surface area contributed by atoms with Crippen molar-refractivity contribution < 1.29 is 13.9 Å². The van der Waals surface area contributed by atoms with Crippen molar-refractivity contribution in [3.8, 4) is 17.2 Å². The number of oxazole rings is 1. The highest BCUT2D eigenvalue weighted by atomic mass is 16.5. The van der Waals surface area contributed by atoms with E-state index in [2.05, 4.69) is 9.98 Å². The third-order valence-corrected chi connectivity index (χ3v) is 2.88. The van der Waals surface area contributed by atoms with E-state index in [1.807, 2.05) is 12.1 Å². The van der Waals surface area contributed by atoms with Gasteiger partial charge in [0.15, 0.2) is 5.58 Å². The molecule has 20 heavy (non-hydrogen) atoms. The second-order valence-corrected chi connectivity index (χ2v) is 4.10. The van der Waals surface area contributed by atoms with Crippen molar-refractivity contribution in [2.45, 2.75) is 0 Å². The molecule has 0 saturated heterocycles. The van der Waals surface area contributed by atoms with Gasteiger partial charge in [0.05, 0.1) is 12.8 Å². The molecule has 0 fully saturated rings. The highest BCUT2D eigenvalue weighted by Gasteiger charge is 2.08. The van der Waals surface area contributed by atoms with E-state index in [0.29, 0.717) is 17.2 Å². The molecule has 0 aliphatic heterocycles. The summed E-state index contributed by atoms with van der Waals surface area (Å²) in [7, 11) is 1.60. The summed E-state index contributed by atoms with van der Waals surface area (Å²) in [5.41, 5.74) is 2.77. The summed E-state index contributed by atoms with van der Waals surface area (Å²) in [6.07, 6.45) is 1.50. The standard InChI is InChI=1S/C15H10N2O3/c1-19-12-6-7-13-14(8-12)20-15(17-13)10-2-4-11(5-3-10)16-9-18/h2-8H,1H3. The van der Waals surface area contributed by atoms with Gasteiger partial charge in [-0.1, -0.05) is 0 Å². The first-order chi connectivity index (χ1) is 9.80. The van der Waals surface area contributed by atoms with Gasteiger partial charge in [-0.15, -0.1) is 0 Å². The van der Waals surface area contributed by atoms with Crippen molar-refractivity contribution in [3.63, 3.8) is 0 Å². The van der Waals surface area contributed by atoms with Crippen molar-refractivity contribution in [3.05, 3.63) is 42.5 Å². The fourth-order valence-corrected chi connectivity index (χ4v) is 1.89. The molecule has 5 heteroatoms. The molecular formula is C15H10N2O3. The van der Waals surface area contributed by atoms with E-state index < -0.39 is 0 Å². The Hall–Kier alpha value is -2.91. The van der Waals surface area contributed by atoms with Crippen LogP contribution in [-0.4, -0.2) is 18.2 Å². The van der Waals surface area contributed by atoms with Crippen molar-refractivity contribution in [2.24, 2.45) is 4.99 Å². The van der Waals surface area contributed by atoms with E-state index in [-0.39, 0.29) is 0 Å². The zero-order valence-electron chi connectivity index (χ0n) is 10.7. The first-order valence-electron chi connectivity index (χ1n) is 5.93. The minimum absolute atomic E-state index is 0.509. The molecule has 3 aromatic rings. The number of aromatic nitrogens is 1. The summed E-state index contributed by atoms with van der Waals surface area (Å²) in [6, 6.07) is 12.4. The maximum absolute atomic E-state index is 10.2. The fraction of sp³-hybridized carbons (Fsp3) is 0.0667. The third kappa shape index (κ3) is 2.18. The lowest BCUT2D eigenvalue weighted by molar-refractivity contribution is 0.414. The minimum atomic E-state index is 0.509. The lowest BCUT2D eigenvalue weighted by Gasteiger charge is -1.96. The van der Waals surface area contributed by atoms with Crippen molar-refractivity contribution in [1.29, 1.82) is 0 Å². The van der Waals surface area contributed by atoms with Gasteiger partial charge in [-0.2, -0.15) is 4.99 Å². The fourth-order valence-electron chi connectivity index (χ4n) is 1.89. The number of hydrogen-bond acceptors (Lipinski definition) is 5. The van der Waals surface area contributed by atoms with Crippen LogP contribution in [0.3, 0.4) is 0 Å². The first kappa shape index (κ1) is 12.1. The maximum atomic E-state index is 10.2. The van der Waals surface area contributed by atoms with Crippen molar-refractivity contribution >= 4 is 22.9 Å². The Kier molecular flexibility index (Phi) is 3.03. The van der Waals surface area contributed by atoms with Gasteiger partial charge < -0.3 is 9.15 Å². The average molecular weight is 266 g/mol. The molecule has 0 unspecified atom stereocenters. The maximum Gasteiger partial charge on any atom is 0.240 e. The largest absolute Gasteiger partial charge is 0.497 e. The molecule has 1 aromatic heterocycles. The van der Waals surface area contributed by atoms with Gasteiger partial charge in [-0.05, 0) is 36.4 Å². The van der Waals surface area contributed by atoms with Gasteiger partial charge in [-0.25, -0.2) is 9.78 Å². The van der Waals surface area contributed by atoms with Gasteiger partial charge in [0.2, 0.25) is 12.0 Å². The Morgan fingerprint density at radius 3 is 2.70 bits per heavy atom. The Labute approximate surface area is 114 Å². The van der Waals surface area contributed by atoms with Gasteiger partial charge in [0.1, 0.15) is 11.3 Å². The Balaban J connectivity index is 2.02. The van der Waals surface area contributed by atoms with Crippen LogP contribution in [0.5, 0.6) is 5.75 Å². The Morgan fingerprint density at radius 1 is 1.20 bits per heavy atom. The average Bonchev–Trinajstić information content (AvgIpc) is 2.91. The topological polar surface area (TPSA) is 64.7 Å². The quantitative estimate of drug-likeness (QED) is 0.537. The number of nitrogens with zero attached hydrogens (tertiary/aromatic N) is 2. The molecule has 0 radical (unpaired) electrons. The predicted molar refractivity (Wildman–Crippen MR) is 73.8 cm³/mol. The van der Waals surface area contributed by atoms with Crippen LogP contribution in [0.25, 0.3) is 22.6 Å². The van der Waals surface area contributed by atoms with Gasteiger partial charge >= 0.3 is 0 Å². The number of aliphatic imine (C=N–C) groups is 1. The number of isocyanates is 1. The molecule has 0 aliphatic carbocycles. The number of hydrogen-bond donors (Lipinski definition) is 0. The van der Waals surface area contributed by atoms with E-state index in [1.165, 1.54) is 6.08 Å². The molecule has 0 amide bonds. The van der Waals surface area contributed by atoms with E-state index in [4.69, 9.17) is 9.15 Å². The smallest absolute Gasteiger partial charge is 0.240 e. The molecule has 5 nitrogen and oxygen atoms in total. The number of carbonyl (C=O) groups excluding carboxylic acids is 1. The van der Waals surface area contributed by atoms with Crippen LogP contribution in [0.4, 0.5) is 5.69 Å². The molecule has 2 aromatic carbocycles. The molecule has 98 valence electrons. The molecule has 0 atom stereocenters. The summed E-state index contributed by atoms with van der Waals surface area (Å²) in [6.45, 7) is 0. The van der Waals surface area contributed by atoms with Crippen LogP contribution >= 0.6 is 0 Å². The number of fused-ring (bicyclic) bond motifs is 1. The molecule has 0 bridgehead atoms.